The van der Waals surface area contributed by atoms with Crippen LogP contribution in [0.3, 0.4) is 0 Å². The van der Waals surface area contributed by atoms with Crippen LogP contribution in [0.25, 0.3) is 22.0 Å². The average Bonchev–Trinajstić information content (AvgIpc) is 4.10. The van der Waals surface area contributed by atoms with Crippen LogP contribution in [-0.2, 0) is 56.5 Å². The van der Waals surface area contributed by atoms with Gasteiger partial charge in [0.25, 0.3) is 18.8 Å². The van der Waals surface area contributed by atoms with Crippen LogP contribution < -0.4 is 10.0 Å². The number of nitrogens with zero attached hydrogens (tertiary/aromatic N) is 5. The smallest absolute Gasteiger partial charge is 0.293 e. The van der Waals surface area contributed by atoms with E-state index in [1.807, 2.05) is 0 Å². The second-order valence-electron chi connectivity index (χ2n) is 17.1. The van der Waals surface area contributed by atoms with Crippen LogP contribution in [0.15, 0.2) is 42.5 Å². The number of hydrogen-bond acceptors (Lipinski definition) is 8. The lowest BCUT2D eigenvalue weighted by Crippen LogP contribution is -2.36. The number of anilines is 1. The van der Waals surface area contributed by atoms with Gasteiger partial charge < -0.3 is 5.32 Å². The summed E-state index contributed by atoms with van der Waals surface area (Å²) in [6.45, 7) is 1.08. The lowest BCUT2D eigenvalue weighted by atomic mass is 9.93. The lowest BCUT2D eigenvalue weighted by molar-refractivity contribution is -0.123. The molecule has 1 amide bonds. The van der Waals surface area contributed by atoms with Gasteiger partial charge in [-0.05, 0) is 88.1 Å². The van der Waals surface area contributed by atoms with E-state index in [0.29, 0.717) is 23.6 Å². The van der Waals surface area contributed by atoms with Gasteiger partial charge in [-0.1, -0.05) is 23.7 Å². The van der Waals surface area contributed by atoms with Crippen molar-refractivity contribution in [3.63, 3.8) is 0 Å². The molecule has 2 saturated carbocycles. The average molecular weight is 962 g/mol. The largest absolute Gasteiger partial charge is 0.346 e. The van der Waals surface area contributed by atoms with E-state index in [0.717, 1.165) is 23.1 Å². The Morgan fingerprint density at radius 2 is 1.62 bits per heavy atom. The molecule has 12 nitrogen and oxygen atoms in total. The van der Waals surface area contributed by atoms with Crippen molar-refractivity contribution < 1.29 is 56.8 Å². The summed E-state index contributed by atoms with van der Waals surface area (Å²) in [4.78, 5) is 19.0. The third-order valence-electron chi connectivity index (χ3n) is 11.9. The zero-order chi connectivity index (χ0) is 46.4. The molecule has 0 aliphatic heterocycles. The third kappa shape index (κ3) is 8.68. The number of pyridine rings is 1. The summed E-state index contributed by atoms with van der Waals surface area (Å²) >= 11 is 6.57. The van der Waals surface area contributed by atoms with E-state index in [4.69, 9.17) is 16.6 Å². The van der Waals surface area contributed by atoms with Crippen LogP contribution in [-0.4, -0.2) is 70.0 Å². The molecule has 5 aromatic rings. The molecule has 3 aromatic heterocycles. The van der Waals surface area contributed by atoms with Crippen molar-refractivity contribution in [1.82, 2.24) is 29.9 Å². The maximum Gasteiger partial charge on any atom is 0.293 e. The number of rotatable bonds is 17. The molecule has 23 heteroatoms. The second kappa shape index (κ2) is 16.2. The highest BCUT2D eigenvalue weighted by atomic mass is 35.5. The lowest BCUT2D eigenvalue weighted by Gasteiger charge is -2.26. The highest BCUT2D eigenvalue weighted by Crippen LogP contribution is 2.68. The van der Waals surface area contributed by atoms with E-state index in [2.05, 4.69) is 20.2 Å². The minimum atomic E-state index is -4.06. The summed E-state index contributed by atoms with van der Waals surface area (Å²) in [7, 11) is -7.64. The number of carbonyl (C=O) groups is 1. The number of hydrogen-bond donors (Lipinski definition) is 2. The molecule has 2 fully saturated rings. The SMILES string of the molecule is CC(C)(CCc1ccc(-c2ccc(Cl)c3c(NS(C)(=O)=O)nn(CC(F)F)c23)c([C@H](Cc2cc(F)cc(F)c2)NC(=O)Cn2nc(C(F)F)c3c2C(F)(F)C2C[C@H]32)n1)S(=O)(=O)C1CC1. The first-order chi connectivity index (χ1) is 29.9. The molecule has 0 bridgehead atoms. The minimum Gasteiger partial charge on any atom is -0.346 e. The van der Waals surface area contributed by atoms with Crippen molar-refractivity contribution >= 4 is 54.1 Å². The Labute approximate surface area is 366 Å². The van der Waals surface area contributed by atoms with Crippen molar-refractivity contribution in [2.45, 2.75) is 106 Å². The summed E-state index contributed by atoms with van der Waals surface area (Å²) in [6.07, 6.45) is -4.82. The molecule has 8 rings (SSSR count). The molecule has 3 atom stereocenters. The number of aryl methyl sites for hydroxylation is 1. The number of benzene rings is 2. The van der Waals surface area contributed by atoms with E-state index in [9.17, 15) is 48.0 Å². The van der Waals surface area contributed by atoms with Gasteiger partial charge in [0.1, 0.15) is 36.1 Å². The number of nitrogens with one attached hydrogen (secondary N) is 2. The van der Waals surface area contributed by atoms with Crippen LogP contribution in [0.4, 0.5) is 40.9 Å². The topological polar surface area (TPSA) is 158 Å². The molecule has 3 aliphatic rings. The minimum absolute atomic E-state index is 0.0243. The number of halogens is 9. The van der Waals surface area contributed by atoms with Gasteiger partial charge >= 0.3 is 0 Å². The Morgan fingerprint density at radius 3 is 2.25 bits per heavy atom. The maximum atomic E-state index is 15.5. The molecule has 3 aliphatic carbocycles. The van der Waals surface area contributed by atoms with Crippen molar-refractivity contribution in [3.05, 3.63) is 93.0 Å². The molecule has 0 radical (unpaired) electrons. The highest BCUT2D eigenvalue weighted by molar-refractivity contribution is 7.93. The summed E-state index contributed by atoms with van der Waals surface area (Å²) in [5.41, 5.74) is -1.92. The van der Waals surface area contributed by atoms with Crippen LogP contribution in [0.1, 0.15) is 91.8 Å². The van der Waals surface area contributed by atoms with E-state index in [-0.39, 0.29) is 68.8 Å². The van der Waals surface area contributed by atoms with Gasteiger partial charge in [0, 0.05) is 34.4 Å². The maximum absolute atomic E-state index is 15.5. The van der Waals surface area contributed by atoms with Crippen molar-refractivity contribution in [3.8, 4) is 11.1 Å². The van der Waals surface area contributed by atoms with Gasteiger partial charge in [0.2, 0.25) is 15.9 Å². The monoisotopic (exact) mass is 961 g/mol. The number of aromatic nitrogens is 5. The molecule has 64 heavy (non-hydrogen) atoms. The molecule has 0 spiro atoms. The summed E-state index contributed by atoms with van der Waals surface area (Å²) in [6, 6.07) is 6.74. The normalized spacial score (nSPS) is 18.7. The Balaban J connectivity index is 1.28. The summed E-state index contributed by atoms with van der Waals surface area (Å²) < 4.78 is 171. The number of fused-ring (bicyclic) bond motifs is 4. The third-order valence-corrected chi connectivity index (χ3v) is 15.9. The Morgan fingerprint density at radius 1 is 0.953 bits per heavy atom. The van der Waals surface area contributed by atoms with E-state index >= 15 is 8.78 Å². The van der Waals surface area contributed by atoms with E-state index in [1.165, 1.54) is 24.3 Å². The van der Waals surface area contributed by atoms with Crippen LogP contribution in [0.5, 0.6) is 0 Å². The fourth-order valence-electron chi connectivity index (χ4n) is 8.69. The Hall–Kier alpha value is -4.83. The summed E-state index contributed by atoms with van der Waals surface area (Å²) in [5, 5.41) is 9.77. The molecule has 2 N–H and O–H groups in total. The first-order valence-corrected chi connectivity index (χ1v) is 23.9. The molecule has 3 heterocycles. The summed E-state index contributed by atoms with van der Waals surface area (Å²) in [5.74, 6) is -9.14. The molecular formula is C41H40ClF8N7O5S2. The van der Waals surface area contributed by atoms with Gasteiger partial charge in [-0.3, -0.25) is 23.9 Å². The quantitative estimate of drug-likeness (QED) is 0.0881. The van der Waals surface area contributed by atoms with Crippen LogP contribution >= 0.6 is 11.6 Å². The Kier molecular flexibility index (Phi) is 11.6. The van der Waals surface area contributed by atoms with Crippen molar-refractivity contribution in [2.75, 3.05) is 11.0 Å². The Bertz CT molecular complexity index is 2900. The number of alkyl halides is 6. The van der Waals surface area contributed by atoms with Gasteiger partial charge in [0.05, 0.1) is 43.9 Å². The molecule has 344 valence electrons. The fraction of sp³-hybridized carbons (Fsp3) is 0.463. The number of sulfone groups is 1. The first-order valence-electron chi connectivity index (χ1n) is 20.1. The highest BCUT2D eigenvalue weighted by Gasteiger charge is 2.67. The van der Waals surface area contributed by atoms with Crippen LogP contribution in [0, 0.1) is 17.6 Å². The molecule has 2 aromatic carbocycles. The molecule has 1 unspecified atom stereocenters. The van der Waals surface area contributed by atoms with Gasteiger partial charge in [-0.25, -0.2) is 43.2 Å². The zero-order valence-corrected chi connectivity index (χ0v) is 36.5. The molecule has 0 saturated heterocycles. The van der Waals surface area contributed by atoms with Crippen LogP contribution in [0.2, 0.25) is 5.02 Å². The first kappa shape index (κ1) is 45.7. The predicted octanol–water partition coefficient (Wildman–Crippen LogP) is 8.40. The number of carbonyl (C=O) groups excluding carboxylic acids is 1. The predicted molar refractivity (Wildman–Crippen MR) is 220 cm³/mol. The van der Waals surface area contributed by atoms with Gasteiger partial charge in [-0.2, -0.15) is 19.0 Å². The van der Waals surface area contributed by atoms with Gasteiger partial charge in [-0.15, -0.1) is 0 Å². The van der Waals surface area contributed by atoms with Crippen molar-refractivity contribution in [2.24, 2.45) is 5.92 Å². The van der Waals surface area contributed by atoms with E-state index < -0.39 is 121 Å². The zero-order valence-electron chi connectivity index (χ0n) is 34.2. The standard InChI is InChI=1S/C41H40ClF8N7O5S2/c1-40(2,64(61,62)23-5-6-23)11-10-22-4-7-24(25-8-9-28(42)33-36(25)56(17-30(45)46)54-39(33)55-63(3,59)60)34(51-22)29(14-19-12-20(43)15-21(44)13-19)52-31(58)18-57-37-32(35(53-57)38(47)48)26-16-27(26)41(37,49)50/h4,7-9,12-13,15,23,26-27,29-30,38H,5-6,10-11,14,16-18H2,1-3H3,(H,52,58)(H,54,55)/t26-,27?,29-/m0/s1. The number of amides is 1. The second-order valence-corrected chi connectivity index (χ2v) is 22.2. The fourth-order valence-corrected chi connectivity index (χ4v) is 11.5. The van der Waals surface area contributed by atoms with Crippen molar-refractivity contribution in [1.29, 1.82) is 0 Å². The van der Waals surface area contributed by atoms with E-state index in [1.54, 1.807) is 13.8 Å². The number of sulfonamides is 1. The van der Waals surface area contributed by atoms with Gasteiger partial charge in [0.15, 0.2) is 15.7 Å². The molecular weight excluding hydrogens is 922 g/mol.